The molecule has 7 heteroatoms. The molecule has 1 N–H and O–H groups in total. The van der Waals surface area contributed by atoms with Gasteiger partial charge in [0.1, 0.15) is 5.82 Å². The van der Waals surface area contributed by atoms with E-state index in [4.69, 9.17) is 0 Å². The average molecular weight is 378 g/mol. The molecular weight excluding hydrogens is 355 g/mol. The molecule has 0 fully saturated rings. The van der Waals surface area contributed by atoms with Gasteiger partial charge in [-0.1, -0.05) is 26.3 Å². The quantitative estimate of drug-likeness (QED) is 0.758. The second kappa shape index (κ2) is 8.91. The Morgan fingerprint density at radius 1 is 1.12 bits per heavy atom. The van der Waals surface area contributed by atoms with Crippen molar-refractivity contribution < 1.29 is 17.6 Å². The topological polar surface area (TPSA) is 66.5 Å². The first-order valence-corrected chi connectivity index (χ1v) is 9.99. The van der Waals surface area contributed by atoms with Crippen molar-refractivity contribution in [1.82, 2.24) is 4.31 Å². The minimum Gasteiger partial charge on any atom is -0.322 e. The van der Waals surface area contributed by atoms with Gasteiger partial charge in [-0.15, -0.1) is 0 Å². The predicted octanol–water partition coefficient (Wildman–Crippen LogP) is 3.89. The lowest BCUT2D eigenvalue weighted by Gasteiger charge is -2.20. The van der Waals surface area contributed by atoms with E-state index in [1.54, 1.807) is 13.0 Å². The zero-order valence-electron chi connectivity index (χ0n) is 14.9. The highest BCUT2D eigenvalue weighted by molar-refractivity contribution is 7.89. The van der Waals surface area contributed by atoms with Crippen LogP contribution in [0.1, 0.15) is 37.0 Å². The summed E-state index contributed by atoms with van der Waals surface area (Å²) < 4.78 is 39.9. The van der Waals surface area contributed by atoms with Crippen molar-refractivity contribution in [3.8, 4) is 0 Å². The Morgan fingerprint density at radius 3 is 2.38 bits per heavy atom. The third kappa shape index (κ3) is 4.89. The van der Waals surface area contributed by atoms with Crippen LogP contribution in [-0.2, 0) is 10.0 Å². The Hall–Kier alpha value is -2.25. The minimum atomic E-state index is -3.58. The van der Waals surface area contributed by atoms with Crippen LogP contribution in [0.25, 0.3) is 0 Å². The van der Waals surface area contributed by atoms with Gasteiger partial charge in [0.25, 0.3) is 5.91 Å². The standard InChI is InChI=1S/C19H23FN2O3S/c1-3-5-13-22(4-2)26(24,25)18-11-9-15(10-12-18)19(23)21-17-8-6-7-16(20)14-17/h6-12,14H,3-5,13H2,1-2H3,(H,21,23). The molecule has 0 unspecified atom stereocenters. The zero-order chi connectivity index (χ0) is 19.2. The number of unbranched alkanes of at least 4 members (excludes halogenated alkanes) is 1. The largest absolute Gasteiger partial charge is 0.322 e. The van der Waals surface area contributed by atoms with Crippen LogP contribution in [0.15, 0.2) is 53.4 Å². The molecule has 26 heavy (non-hydrogen) atoms. The molecule has 0 aromatic heterocycles. The first-order valence-electron chi connectivity index (χ1n) is 8.55. The van der Waals surface area contributed by atoms with E-state index in [0.717, 1.165) is 12.8 Å². The maximum absolute atomic E-state index is 13.2. The molecule has 2 aromatic rings. The summed E-state index contributed by atoms with van der Waals surface area (Å²) in [6, 6.07) is 11.3. The summed E-state index contributed by atoms with van der Waals surface area (Å²) in [6.07, 6.45) is 1.70. The lowest BCUT2D eigenvalue weighted by atomic mass is 10.2. The Bertz CT molecular complexity index is 851. The van der Waals surface area contributed by atoms with Crippen molar-refractivity contribution >= 4 is 21.6 Å². The lowest BCUT2D eigenvalue weighted by Crippen LogP contribution is -2.31. The van der Waals surface area contributed by atoms with Gasteiger partial charge < -0.3 is 5.32 Å². The average Bonchev–Trinajstić information content (AvgIpc) is 2.62. The molecule has 1 amide bonds. The van der Waals surface area contributed by atoms with Crippen molar-refractivity contribution in [2.75, 3.05) is 18.4 Å². The minimum absolute atomic E-state index is 0.151. The lowest BCUT2D eigenvalue weighted by molar-refractivity contribution is 0.102. The molecule has 0 heterocycles. The number of nitrogens with one attached hydrogen (secondary N) is 1. The van der Waals surface area contributed by atoms with Crippen LogP contribution in [0.4, 0.5) is 10.1 Å². The number of nitrogens with zero attached hydrogens (tertiary/aromatic N) is 1. The molecule has 5 nitrogen and oxygen atoms in total. The van der Waals surface area contributed by atoms with Gasteiger partial charge in [-0.3, -0.25) is 4.79 Å². The highest BCUT2D eigenvalue weighted by Gasteiger charge is 2.22. The molecule has 0 aliphatic rings. The van der Waals surface area contributed by atoms with Gasteiger partial charge in [-0.05, 0) is 48.9 Å². The number of sulfonamides is 1. The van der Waals surface area contributed by atoms with Crippen molar-refractivity contribution in [2.45, 2.75) is 31.6 Å². The van der Waals surface area contributed by atoms with Crippen LogP contribution in [0.3, 0.4) is 0 Å². The highest BCUT2D eigenvalue weighted by Crippen LogP contribution is 2.18. The van der Waals surface area contributed by atoms with E-state index in [0.29, 0.717) is 24.3 Å². The Morgan fingerprint density at radius 2 is 1.81 bits per heavy atom. The van der Waals surface area contributed by atoms with Gasteiger partial charge in [-0.25, -0.2) is 12.8 Å². The van der Waals surface area contributed by atoms with E-state index in [9.17, 15) is 17.6 Å². The molecular formula is C19H23FN2O3S. The Labute approximate surface area is 153 Å². The summed E-state index contributed by atoms with van der Waals surface area (Å²) in [5.74, 6) is -0.881. The van der Waals surface area contributed by atoms with E-state index < -0.39 is 21.7 Å². The molecule has 140 valence electrons. The molecule has 0 atom stereocenters. The fourth-order valence-corrected chi connectivity index (χ4v) is 3.97. The van der Waals surface area contributed by atoms with Crippen molar-refractivity contribution in [3.05, 3.63) is 59.9 Å². The summed E-state index contributed by atoms with van der Waals surface area (Å²) in [5, 5.41) is 2.58. The summed E-state index contributed by atoms with van der Waals surface area (Å²) in [7, 11) is -3.58. The van der Waals surface area contributed by atoms with Crippen LogP contribution < -0.4 is 5.32 Å². The number of hydrogen-bond donors (Lipinski definition) is 1. The highest BCUT2D eigenvalue weighted by atomic mass is 32.2. The van der Waals surface area contributed by atoms with Gasteiger partial charge in [0, 0.05) is 24.3 Å². The third-order valence-corrected chi connectivity index (χ3v) is 5.94. The van der Waals surface area contributed by atoms with Crippen molar-refractivity contribution in [1.29, 1.82) is 0 Å². The molecule has 0 saturated carbocycles. The number of rotatable bonds is 8. The number of hydrogen-bond acceptors (Lipinski definition) is 3. The number of carbonyl (C=O) groups is 1. The molecule has 0 aliphatic heterocycles. The number of anilines is 1. The van der Waals surface area contributed by atoms with Gasteiger partial charge in [0.2, 0.25) is 10.0 Å². The Kier molecular flexibility index (Phi) is 6.88. The van der Waals surface area contributed by atoms with E-state index in [-0.39, 0.29) is 4.90 Å². The molecule has 0 spiro atoms. The monoisotopic (exact) mass is 378 g/mol. The molecule has 2 aromatic carbocycles. The number of halogens is 1. The van der Waals surface area contributed by atoms with Crippen LogP contribution in [0.2, 0.25) is 0 Å². The summed E-state index contributed by atoms with van der Waals surface area (Å²) >= 11 is 0. The second-order valence-electron chi connectivity index (χ2n) is 5.84. The predicted molar refractivity (Wildman–Crippen MR) is 100 cm³/mol. The molecule has 0 radical (unpaired) electrons. The van der Waals surface area contributed by atoms with Crippen LogP contribution in [0.5, 0.6) is 0 Å². The maximum Gasteiger partial charge on any atom is 0.255 e. The molecule has 0 saturated heterocycles. The van der Waals surface area contributed by atoms with E-state index in [1.165, 1.54) is 46.8 Å². The number of amides is 1. The first kappa shape index (κ1) is 20.1. The molecule has 0 aliphatic carbocycles. The van der Waals surface area contributed by atoms with Gasteiger partial charge in [-0.2, -0.15) is 4.31 Å². The third-order valence-electron chi connectivity index (χ3n) is 3.95. The van der Waals surface area contributed by atoms with E-state index in [2.05, 4.69) is 5.32 Å². The van der Waals surface area contributed by atoms with Gasteiger partial charge >= 0.3 is 0 Å². The number of carbonyl (C=O) groups excluding carboxylic acids is 1. The van der Waals surface area contributed by atoms with Crippen molar-refractivity contribution in [3.63, 3.8) is 0 Å². The van der Waals surface area contributed by atoms with Gasteiger partial charge in [0.15, 0.2) is 0 Å². The zero-order valence-corrected chi connectivity index (χ0v) is 15.7. The van der Waals surface area contributed by atoms with E-state index in [1.807, 2.05) is 6.92 Å². The van der Waals surface area contributed by atoms with Gasteiger partial charge in [0.05, 0.1) is 4.90 Å². The van der Waals surface area contributed by atoms with E-state index >= 15 is 0 Å². The maximum atomic E-state index is 13.2. The van der Waals surface area contributed by atoms with Crippen LogP contribution in [-0.4, -0.2) is 31.7 Å². The SMILES string of the molecule is CCCCN(CC)S(=O)(=O)c1ccc(C(=O)Nc2cccc(F)c2)cc1. The number of benzene rings is 2. The second-order valence-corrected chi connectivity index (χ2v) is 7.78. The summed E-state index contributed by atoms with van der Waals surface area (Å²) in [6.45, 7) is 4.67. The van der Waals surface area contributed by atoms with Crippen molar-refractivity contribution in [2.24, 2.45) is 0 Å². The fraction of sp³-hybridized carbons (Fsp3) is 0.316. The fourth-order valence-electron chi connectivity index (χ4n) is 2.48. The molecule has 2 rings (SSSR count). The smallest absolute Gasteiger partial charge is 0.255 e. The first-order chi connectivity index (χ1) is 12.4. The Balaban J connectivity index is 2.15. The summed E-state index contributed by atoms with van der Waals surface area (Å²) in [4.78, 5) is 12.4. The van der Waals surface area contributed by atoms with Crippen LogP contribution >= 0.6 is 0 Å². The summed E-state index contributed by atoms with van der Waals surface area (Å²) in [5.41, 5.74) is 0.633. The molecule has 0 bridgehead atoms. The van der Waals surface area contributed by atoms with Crippen LogP contribution in [0, 0.1) is 5.82 Å². The normalized spacial score (nSPS) is 11.5.